The fourth-order valence-electron chi connectivity index (χ4n) is 1.85. The highest BCUT2D eigenvalue weighted by atomic mass is 15.2. The van der Waals surface area contributed by atoms with Gasteiger partial charge in [-0.1, -0.05) is 6.42 Å². The van der Waals surface area contributed by atoms with Crippen LogP contribution in [0.5, 0.6) is 0 Å². The molecule has 0 amide bonds. The van der Waals surface area contributed by atoms with E-state index in [2.05, 4.69) is 16.0 Å². The maximum atomic E-state index is 8.79. The molecular weight excluding hydrogens is 186 g/mol. The van der Waals surface area contributed by atoms with Crippen LogP contribution in [0.2, 0.25) is 0 Å². The molecule has 1 aliphatic carbocycles. The maximum absolute atomic E-state index is 8.79. The van der Waals surface area contributed by atoms with Gasteiger partial charge in [0.15, 0.2) is 0 Å². The average molecular weight is 201 g/mol. The molecular formula is C12H15N3. The van der Waals surface area contributed by atoms with Gasteiger partial charge in [-0.3, -0.25) is 0 Å². The average Bonchev–Trinajstić information content (AvgIpc) is 2.23. The van der Waals surface area contributed by atoms with Crippen LogP contribution in [0.15, 0.2) is 18.3 Å². The summed E-state index contributed by atoms with van der Waals surface area (Å²) >= 11 is 0. The van der Waals surface area contributed by atoms with E-state index in [1.54, 1.807) is 12.3 Å². The molecule has 3 nitrogen and oxygen atoms in total. The number of nitrogens with zero attached hydrogens (tertiary/aromatic N) is 3. The molecule has 0 unspecified atom stereocenters. The molecule has 78 valence electrons. The third kappa shape index (κ3) is 2.27. The van der Waals surface area contributed by atoms with Gasteiger partial charge in [0.2, 0.25) is 0 Å². The highest BCUT2D eigenvalue weighted by Gasteiger charge is 2.19. The van der Waals surface area contributed by atoms with E-state index in [-0.39, 0.29) is 0 Å². The van der Waals surface area contributed by atoms with E-state index < -0.39 is 0 Å². The minimum absolute atomic E-state index is 0.681. The zero-order valence-corrected chi connectivity index (χ0v) is 8.98. The van der Waals surface area contributed by atoms with Crippen molar-refractivity contribution in [1.29, 1.82) is 5.26 Å². The molecule has 2 rings (SSSR count). The van der Waals surface area contributed by atoms with Crippen LogP contribution in [0.25, 0.3) is 0 Å². The molecule has 0 atom stereocenters. The Labute approximate surface area is 90.4 Å². The van der Waals surface area contributed by atoms with Crippen LogP contribution in [0.3, 0.4) is 0 Å². The van der Waals surface area contributed by atoms with Crippen molar-refractivity contribution >= 4 is 5.82 Å². The maximum Gasteiger partial charge on any atom is 0.129 e. The van der Waals surface area contributed by atoms with Crippen LogP contribution in [-0.4, -0.2) is 18.6 Å². The van der Waals surface area contributed by atoms with E-state index in [1.165, 1.54) is 19.3 Å². The number of hydrogen-bond donors (Lipinski definition) is 0. The predicted molar refractivity (Wildman–Crippen MR) is 59.6 cm³/mol. The second-order valence-electron chi connectivity index (χ2n) is 4.19. The zero-order chi connectivity index (χ0) is 10.7. The molecule has 0 bridgehead atoms. The Hall–Kier alpha value is -1.56. The molecule has 1 fully saturated rings. The quantitative estimate of drug-likeness (QED) is 0.752. The summed E-state index contributed by atoms with van der Waals surface area (Å²) in [6.07, 6.45) is 5.74. The van der Waals surface area contributed by atoms with Crippen LogP contribution in [-0.2, 0) is 0 Å². The first kappa shape index (κ1) is 9.97. The molecule has 0 radical (unpaired) electrons. The summed E-state index contributed by atoms with van der Waals surface area (Å²) in [7, 11) is 2.04. The van der Waals surface area contributed by atoms with Crippen molar-refractivity contribution in [3.8, 4) is 6.07 Å². The van der Waals surface area contributed by atoms with E-state index in [0.717, 1.165) is 18.3 Å². The lowest BCUT2D eigenvalue weighted by Crippen LogP contribution is -2.29. The molecule has 0 saturated heterocycles. The summed E-state index contributed by atoms with van der Waals surface area (Å²) in [4.78, 5) is 6.42. The van der Waals surface area contributed by atoms with Crippen molar-refractivity contribution in [1.82, 2.24) is 4.98 Å². The van der Waals surface area contributed by atoms with Crippen molar-refractivity contribution in [3.63, 3.8) is 0 Å². The summed E-state index contributed by atoms with van der Waals surface area (Å²) in [5, 5.41) is 8.79. The highest BCUT2D eigenvalue weighted by molar-refractivity contribution is 5.44. The fraction of sp³-hybridized carbons (Fsp3) is 0.500. The zero-order valence-electron chi connectivity index (χ0n) is 8.98. The summed E-state index contributed by atoms with van der Waals surface area (Å²) in [5.74, 6) is 1.73. The van der Waals surface area contributed by atoms with Crippen molar-refractivity contribution < 1.29 is 0 Å². The highest BCUT2D eigenvalue weighted by Crippen LogP contribution is 2.27. The van der Waals surface area contributed by atoms with E-state index in [4.69, 9.17) is 5.26 Å². The standard InChI is InChI=1S/C12H15N3/c1-15(9-10-3-2-4-10)12-7-11(8-13)5-6-14-12/h5-7,10H,2-4,9H2,1H3. The van der Waals surface area contributed by atoms with Gasteiger partial charge >= 0.3 is 0 Å². The van der Waals surface area contributed by atoms with Crippen molar-refractivity contribution in [3.05, 3.63) is 23.9 Å². The lowest BCUT2D eigenvalue weighted by atomic mass is 9.85. The fourth-order valence-corrected chi connectivity index (χ4v) is 1.85. The Balaban J connectivity index is 2.03. The lowest BCUT2D eigenvalue weighted by molar-refractivity contribution is 0.321. The Morgan fingerprint density at radius 2 is 2.40 bits per heavy atom. The van der Waals surface area contributed by atoms with Gasteiger partial charge in [0, 0.05) is 19.8 Å². The van der Waals surface area contributed by atoms with Gasteiger partial charge in [-0.25, -0.2) is 4.98 Å². The van der Waals surface area contributed by atoms with Crippen molar-refractivity contribution in [2.75, 3.05) is 18.5 Å². The summed E-state index contributed by atoms with van der Waals surface area (Å²) in [6, 6.07) is 5.72. The smallest absolute Gasteiger partial charge is 0.129 e. The third-order valence-corrected chi connectivity index (χ3v) is 3.02. The monoisotopic (exact) mass is 201 g/mol. The van der Waals surface area contributed by atoms with Gasteiger partial charge < -0.3 is 4.90 Å². The van der Waals surface area contributed by atoms with Crippen LogP contribution in [0.1, 0.15) is 24.8 Å². The van der Waals surface area contributed by atoms with Gasteiger partial charge in [-0.05, 0) is 30.9 Å². The number of aromatic nitrogens is 1. The van der Waals surface area contributed by atoms with Gasteiger partial charge in [0.25, 0.3) is 0 Å². The molecule has 1 heterocycles. The van der Waals surface area contributed by atoms with E-state index >= 15 is 0 Å². The van der Waals surface area contributed by atoms with Gasteiger partial charge in [-0.15, -0.1) is 0 Å². The molecule has 1 aromatic rings. The SMILES string of the molecule is CN(CC1CCC1)c1cc(C#N)ccn1. The second kappa shape index (κ2) is 4.31. The molecule has 1 aromatic heterocycles. The van der Waals surface area contributed by atoms with E-state index in [0.29, 0.717) is 5.56 Å². The number of nitriles is 1. The van der Waals surface area contributed by atoms with Crippen LogP contribution in [0.4, 0.5) is 5.82 Å². The van der Waals surface area contributed by atoms with E-state index in [1.807, 2.05) is 13.1 Å². The Morgan fingerprint density at radius 1 is 1.60 bits per heavy atom. The van der Waals surface area contributed by atoms with Crippen molar-refractivity contribution in [2.24, 2.45) is 5.92 Å². The van der Waals surface area contributed by atoms with Gasteiger partial charge in [0.1, 0.15) is 5.82 Å². The van der Waals surface area contributed by atoms with Crippen LogP contribution in [0, 0.1) is 17.2 Å². The topological polar surface area (TPSA) is 39.9 Å². The molecule has 0 spiro atoms. The molecule has 1 aliphatic rings. The Morgan fingerprint density at radius 3 is 3.00 bits per heavy atom. The summed E-state index contributed by atoms with van der Waals surface area (Å²) in [5.41, 5.74) is 0.681. The Bertz CT molecular complexity index is 377. The molecule has 1 saturated carbocycles. The lowest BCUT2D eigenvalue weighted by Gasteiger charge is -2.30. The third-order valence-electron chi connectivity index (χ3n) is 3.02. The molecule has 3 heteroatoms. The van der Waals surface area contributed by atoms with Crippen molar-refractivity contribution in [2.45, 2.75) is 19.3 Å². The largest absolute Gasteiger partial charge is 0.359 e. The number of anilines is 1. The minimum atomic E-state index is 0.681. The number of pyridine rings is 1. The molecule has 0 aromatic carbocycles. The first-order valence-electron chi connectivity index (χ1n) is 5.37. The number of rotatable bonds is 3. The van der Waals surface area contributed by atoms with Gasteiger partial charge in [-0.2, -0.15) is 5.26 Å². The minimum Gasteiger partial charge on any atom is -0.359 e. The first-order chi connectivity index (χ1) is 7.29. The number of hydrogen-bond acceptors (Lipinski definition) is 3. The summed E-state index contributed by atoms with van der Waals surface area (Å²) < 4.78 is 0. The van der Waals surface area contributed by atoms with Gasteiger partial charge in [0.05, 0.1) is 11.6 Å². The molecule has 15 heavy (non-hydrogen) atoms. The van der Waals surface area contributed by atoms with Crippen LogP contribution >= 0.6 is 0 Å². The predicted octanol–water partition coefficient (Wildman–Crippen LogP) is 2.19. The summed E-state index contributed by atoms with van der Waals surface area (Å²) in [6.45, 7) is 1.06. The Kier molecular flexibility index (Phi) is 2.86. The normalized spacial score (nSPS) is 15.5. The molecule has 0 aliphatic heterocycles. The molecule has 0 N–H and O–H groups in total. The van der Waals surface area contributed by atoms with E-state index in [9.17, 15) is 0 Å². The second-order valence-corrected chi connectivity index (χ2v) is 4.19. The first-order valence-corrected chi connectivity index (χ1v) is 5.37. The van der Waals surface area contributed by atoms with Crippen LogP contribution < -0.4 is 4.90 Å².